The number of rotatable bonds is 6. The molecule has 4 aromatic rings. The molecule has 3 aromatic heterocycles. The Kier molecular flexibility index (Phi) is 5.57. The molecule has 1 saturated heterocycles. The largest absolute Gasteiger partial charge is 0.486 e. The van der Waals surface area contributed by atoms with Crippen LogP contribution in [0.2, 0.25) is 5.02 Å². The van der Waals surface area contributed by atoms with Gasteiger partial charge in [0.05, 0.1) is 18.2 Å². The number of pyridine rings is 1. The molecule has 0 aliphatic carbocycles. The van der Waals surface area contributed by atoms with E-state index < -0.39 is 0 Å². The molecule has 0 unspecified atom stereocenters. The Morgan fingerprint density at radius 3 is 2.94 bits per heavy atom. The van der Waals surface area contributed by atoms with Crippen LogP contribution in [0.4, 0.5) is 0 Å². The van der Waals surface area contributed by atoms with Crippen LogP contribution in [0, 0.1) is 0 Å². The number of carbonyl (C=O) groups excluding carboxylic acids is 1. The maximum absolute atomic E-state index is 13.1. The number of fused-ring (bicyclic) bond motifs is 1. The van der Waals surface area contributed by atoms with Crippen molar-refractivity contribution in [3.63, 3.8) is 0 Å². The van der Waals surface area contributed by atoms with E-state index in [0.717, 1.165) is 47.3 Å². The Balaban J connectivity index is 1.24. The molecule has 7 nitrogen and oxygen atoms in total. The zero-order chi connectivity index (χ0) is 21.2. The molecule has 1 aliphatic rings. The topological polar surface area (TPSA) is 72.6 Å². The number of halogens is 1. The van der Waals surface area contributed by atoms with Crippen molar-refractivity contribution >= 4 is 34.5 Å². The molecule has 1 aromatic carbocycles. The first-order valence-electron chi connectivity index (χ1n) is 10.1. The molecule has 5 rings (SSSR count). The van der Waals surface area contributed by atoms with Crippen molar-refractivity contribution in [2.75, 3.05) is 6.54 Å². The number of amides is 1. The summed E-state index contributed by atoms with van der Waals surface area (Å²) >= 11 is 7.39. The number of hydrogen-bond donors (Lipinski definition) is 0. The van der Waals surface area contributed by atoms with Gasteiger partial charge >= 0.3 is 0 Å². The minimum Gasteiger partial charge on any atom is -0.486 e. The van der Waals surface area contributed by atoms with Gasteiger partial charge in [0, 0.05) is 23.1 Å². The first-order valence-corrected chi connectivity index (χ1v) is 11.3. The molecule has 0 N–H and O–H groups in total. The van der Waals surface area contributed by atoms with Gasteiger partial charge in [-0.05, 0) is 49.2 Å². The molecule has 0 radical (unpaired) electrons. The average molecular weight is 454 g/mol. The summed E-state index contributed by atoms with van der Waals surface area (Å²) in [6, 6.07) is 13.0. The summed E-state index contributed by atoms with van der Waals surface area (Å²) in [6.07, 6.45) is 4.05. The summed E-state index contributed by atoms with van der Waals surface area (Å²) in [4.78, 5) is 19.6. The molecule has 4 heterocycles. The van der Waals surface area contributed by atoms with Gasteiger partial charge in [0.15, 0.2) is 11.5 Å². The second kappa shape index (κ2) is 8.64. The Morgan fingerprint density at radius 1 is 1.19 bits per heavy atom. The highest BCUT2D eigenvalue weighted by Gasteiger charge is 2.33. The summed E-state index contributed by atoms with van der Waals surface area (Å²) in [7, 11) is 0. The van der Waals surface area contributed by atoms with Crippen molar-refractivity contribution in [1.29, 1.82) is 0 Å². The van der Waals surface area contributed by atoms with Gasteiger partial charge < -0.3 is 9.64 Å². The van der Waals surface area contributed by atoms with E-state index in [0.29, 0.717) is 11.6 Å². The first kappa shape index (κ1) is 20.0. The summed E-state index contributed by atoms with van der Waals surface area (Å²) in [5, 5.41) is 12.0. The van der Waals surface area contributed by atoms with Crippen LogP contribution in [-0.2, 0) is 17.8 Å². The number of aromatic nitrogens is 4. The number of ether oxygens (including phenoxy) is 1. The lowest BCUT2D eigenvalue weighted by atomic mass is 10.2. The van der Waals surface area contributed by atoms with Crippen molar-refractivity contribution in [2.45, 2.75) is 31.9 Å². The third kappa shape index (κ3) is 4.26. The van der Waals surface area contributed by atoms with E-state index in [1.807, 2.05) is 51.2 Å². The van der Waals surface area contributed by atoms with Gasteiger partial charge in [0.2, 0.25) is 5.91 Å². The molecule has 9 heteroatoms. The van der Waals surface area contributed by atoms with Gasteiger partial charge in [-0.3, -0.25) is 9.20 Å². The van der Waals surface area contributed by atoms with Crippen molar-refractivity contribution in [3.8, 4) is 5.75 Å². The molecule has 1 fully saturated rings. The summed E-state index contributed by atoms with van der Waals surface area (Å²) < 4.78 is 7.71. The minimum absolute atomic E-state index is 0.0590. The number of hydrogen-bond acceptors (Lipinski definition) is 6. The zero-order valence-corrected chi connectivity index (χ0v) is 18.2. The fourth-order valence-electron chi connectivity index (χ4n) is 3.85. The normalized spacial score (nSPS) is 16.2. The fourth-order valence-corrected chi connectivity index (χ4v) is 4.68. The van der Waals surface area contributed by atoms with Crippen LogP contribution < -0.4 is 4.74 Å². The maximum atomic E-state index is 13.1. The van der Waals surface area contributed by atoms with Crippen LogP contribution >= 0.6 is 22.9 Å². The van der Waals surface area contributed by atoms with Crippen LogP contribution in [0.3, 0.4) is 0 Å². The Morgan fingerprint density at radius 2 is 2.06 bits per heavy atom. The number of benzene rings is 1. The van der Waals surface area contributed by atoms with Gasteiger partial charge in [0.25, 0.3) is 0 Å². The zero-order valence-electron chi connectivity index (χ0n) is 16.6. The van der Waals surface area contributed by atoms with E-state index >= 15 is 0 Å². The lowest BCUT2D eigenvalue weighted by Crippen LogP contribution is -2.32. The summed E-state index contributed by atoms with van der Waals surface area (Å²) in [5.41, 5.74) is 1.56. The molecule has 1 atom stereocenters. The lowest BCUT2D eigenvalue weighted by molar-refractivity contribution is -0.131. The quantitative estimate of drug-likeness (QED) is 0.434. The van der Waals surface area contributed by atoms with E-state index in [2.05, 4.69) is 15.2 Å². The van der Waals surface area contributed by atoms with E-state index in [-0.39, 0.29) is 18.4 Å². The van der Waals surface area contributed by atoms with E-state index in [1.54, 1.807) is 12.1 Å². The predicted molar refractivity (Wildman–Crippen MR) is 118 cm³/mol. The van der Waals surface area contributed by atoms with Gasteiger partial charge in [-0.15, -0.1) is 21.5 Å². The third-order valence-electron chi connectivity index (χ3n) is 5.32. The van der Waals surface area contributed by atoms with Gasteiger partial charge in [-0.1, -0.05) is 17.7 Å². The highest BCUT2D eigenvalue weighted by molar-refractivity contribution is 7.09. The fraction of sp³-hybridized carbons (Fsp3) is 0.273. The number of likely N-dealkylation sites (tertiary alicyclic amines) is 1. The van der Waals surface area contributed by atoms with E-state index in [1.165, 1.54) is 11.3 Å². The molecular formula is C22H20ClN5O2S. The molecule has 1 aliphatic heterocycles. The Bertz CT molecular complexity index is 1210. The van der Waals surface area contributed by atoms with Gasteiger partial charge in [-0.2, -0.15) is 0 Å². The monoisotopic (exact) mass is 453 g/mol. The number of carbonyl (C=O) groups is 1. The molecule has 1 amide bonds. The van der Waals surface area contributed by atoms with Crippen LogP contribution in [0.5, 0.6) is 5.75 Å². The molecule has 0 saturated carbocycles. The van der Waals surface area contributed by atoms with Crippen molar-refractivity contribution in [3.05, 3.63) is 75.6 Å². The highest BCUT2D eigenvalue weighted by Crippen LogP contribution is 2.31. The van der Waals surface area contributed by atoms with Crippen molar-refractivity contribution < 1.29 is 9.53 Å². The van der Waals surface area contributed by atoms with Crippen LogP contribution in [-0.4, -0.2) is 36.9 Å². The SMILES string of the molecule is O=C(Cc1csc(COc2ccc(Cl)cc2)n1)N1CCC[C@@H]1c1nnc2ccccn12. The third-order valence-corrected chi connectivity index (χ3v) is 6.44. The number of nitrogens with zero attached hydrogens (tertiary/aromatic N) is 5. The van der Waals surface area contributed by atoms with Crippen LogP contribution in [0.1, 0.15) is 35.4 Å². The van der Waals surface area contributed by atoms with E-state index in [9.17, 15) is 4.79 Å². The maximum Gasteiger partial charge on any atom is 0.229 e. The summed E-state index contributed by atoms with van der Waals surface area (Å²) in [5.74, 6) is 1.61. The van der Waals surface area contributed by atoms with Crippen molar-refractivity contribution in [1.82, 2.24) is 24.5 Å². The highest BCUT2D eigenvalue weighted by atomic mass is 35.5. The smallest absolute Gasteiger partial charge is 0.229 e. The van der Waals surface area contributed by atoms with Gasteiger partial charge in [-0.25, -0.2) is 4.98 Å². The molecule has 0 bridgehead atoms. The minimum atomic E-state index is -0.0590. The first-order chi connectivity index (χ1) is 15.2. The molecular weight excluding hydrogens is 434 g/mol. The lowest BCUT2D eigenvalue weighted by Gasteiger charge is -2.23. The molecule has 0 spiro atoms. The Labute approximate surface area is 188 Å². The molecule has 158 valence electrons. The summed E-state index contributed by atoms with van der Waals surface area (Å²) in [6.45, 7) is 1.08. The van der Waals surface area contributed by atoms with Crippen LogP contribution in [0.25, 0.3) is 5.65 Å². The Hall–Kier alpha value is -2.97. The van der Waals surface area contributed by atoms with Gasteiger partial charge in [0.1, 0.15) is 17.4 Å². The second-order valence-corrected chi connectivity index (χ2v) is 8.76. The van der Waals surface area contributed by atoms with Crippen LogP contribution in [0.15, 0.2) is 54.0 Å². The van der Waals surface area contributed by atoms with E-state index in [4.69, 9.17) is 16.3 Å². The second-order valence-electron chi connectivity index (χ2n) is 7.38. The predicted octanol–water partition coefficient (Wildman–Crippen LogP) is 4.32. The standard InChI is InChI=1S/C22H20ClN5O2S/c23-15-6-8-17(9-7-15)30-13-20-24-16(14-31-20)12-21(29)27-11-3-4-18(27)22-26-25-19-5-1-2-10-28(19)22/h1-2,5-10,14,18H,3-4,11-13H2/t18-/m1/s1. The average Bonchev–Trinajstić information content (AvgIpc) is 3.52. The molecule has 31 heavy (non-hydrogen) atoms. The number of thiazole rings is 1. The van der Waals surface area contributed by atoms with Crippen molar-refractivity contribution in [2.24, 2.45) is 0 Å².